The molecular weight excluding hydrogens is 577 g/mol. The number of unbranched alkanes of at least 4 members (excludes halogenated alkanes) is 2. The van der Waals surface area contributed by atoms with Gasteiger partial charge in [0.25, 0.3) is 0 Å². The highest BCUT2D eigenvalue weighted by Gasteiger charge is 2.37. The Morgan fingerprint density at radius 1 is 0.667 bits per heavy atom. The topological polar surface area (TPSA) is 34.1 Å². The molecule has 2 aromatic carbocycles. The second-order valence-corrected chi connectivity index (χ2v) is 13.6. The first-order chi connectivity index (χ1) is 20.6. The Kier molecular flexibility index (Phi) is 9.30. The van der Waals surface area contributed by atoms with E-state index in [-0.39, 0.29) is 6.04 Å². The average Bonchev–Trinajstić information content (AvgIpc) is 3.79. The van der Waals surface area contributed by atoms with E-state index < -0.39 is 0 Å². The first-order valence-corrected chi connectivity index (χ1v) is 17.1. The maximum absolute atomic E-state index is 5.85. The van der Waals surface area contributed by atoms with Crippen molar-refractivity contribution in [2.45, 2.75) is 45.6 Å². The lowest BCUT2D eigenvalue weighted by atomic mass is 9.89. The van der Waals surface area contributed by atoms with E-state index in [9.17, 15) is 0 Å². The molecule has 216 valence electrons. The molecule has 4 aromatic rings. The van der Waals surface area contributed by atoms with Crippen LogP contribution in [0.3, 0.4) is 0 Å². The summed E-state index contributed by atoms with van der Waals surface area (Å²) in [5.41, 5.74) is 6.08. The van der Waals surface area contributed by atoms with Crippen molar-refractivity contribution < 1.29 is 9.47 Å². The van der Waals surface area contributed by atoms with Crippen molar-refractivity contribution in [2.24, 2.45) is 4.40 Å². The molecule has 2 aliphatic rings. The molecule has 4 nitrogen and oxygen atoms in total. The SMILES string of the molecule is CCCCOc1ccc(-c2ccc(C3=CC=C(c4ccc(-c5ccc(OCCCC)cc5)s4)C4C3=NSN4C)s2)cc1. The zero-order valence-corrected chi connectivity index (χ0v) is 26.8. The van der Waals surface area contributed by atoms with Crippen LogP contribution in [-0.4, -0.2) is 36.3 Å². The summed E-state index contributed by atoms with van der Waals surface area (Å²) in [5, 5.41) is 0. The minimum Gasteiger partial charge on any atom is -0.494 e. The van der Waals surface area contributed by atoms with Crippen LogP contribution in [0.25, 0.3) is 32.0 Å². The van der Waals surface area contributed by atoms with Crippen LogP contribution < -0.4 is 9.47 Å². The Balaban J connectivity index is 1.21. The highest BCUT2D eigenvalue weighted by Crippen LogP contribution is 2.45. The van der Waals surface area contributed by atoms with Crippen LogP contribution in [0.2, 0.25) is 0 Å². The van der Waals surface area contributed by atoms with Crippen molar-refractivity contribution in [1.29, 1.82) is 0 Å². The molecular formula is C35H36N2O2S3. The third-order valence-corrected chi connectivity index (χ3v) is 10.6. The standard InChI is InChI=1S/C35H36N2O2S3/c1-4-6-22-38-26-12-8-24(9-13-26)30-18-20-32(40-30)28-16-17-29(35-34(28)36-42-37(35)3)33-21-19-31(41-33)25-10-14-27(15-11-25)39-23-7-5-2/h8-21,35H,4-7,22-23H2,1-3H3. The van der Waals surface area contributed by atoms with Crippen LogP contribution in [0.4, 0.5) is 0 Å². The van der Waals surface area contributed by atoms with Crippen LogP contribution in [0.15, 0.2) is 89.3 Å². The number of thiophene rings is 2. The molecule has 1 aliphatic carbocycles. The fraction of sp³-hybridized carbons (Fsp3) is 0.286. The molecule has 2 aromatic heterocycles. The summed E-state index contributed by atoms with van der Waals surface area (Å²) in [7, 11) is 2.14. The van der Waals surface area contributed by atoms with Crippen molar-refractivity contribution in [3.63, 3.8) is 0 Å². The number of benzene rings is 2. The molecule has 0 bridgehead atoms. The molecule has 0 saturated carbocycles. The number of rotatable bonds is 12. The lowest BCUT2D eigenvalue weighted by molar-refractivity contribution is 0.309. The van der Waals surface area contributed by atoms with Gasteiger partial charge in [0.05, 0.1) is 37.1 Å². The van der Waals surface area contributed by atoms with E-state index in [0.29, 0.717) is 0 Å². The van der Waals surface area contributed by atoms with Gasteiger partial charge in [0.1, 0.15) is 11.5 Å². The minimum atomic E-state index is 0.126. The number of likely N-dealkylation sites (N-methyl/N-ethyl adjacent to an activating group) is 1. The summed E-state index contributed by atoms with van der Waals surface area (Å²) in [5.74, 6) is 1.87. The van der Waals surface area contributed by atoms with Crippen LogP contribution in [0, 0.1) is 0 Å². The van der Waals surface area contributed by atoms with Gasteiger partial charge in [-0.25, -0.2) is 8.70 Å². The highest BCUT2D eigenvalue weighted by atomic mass is 32.2. The summed E-state index contributed by atoms with van der Waals surface area (Å²) in [6.45, 7) is 5.90. The first kappa shape index (κ1) is 29.0. The summed E-state index contributed by atoms with van der Waals surface area (Å²) in [6.07, 6.45) is 8.99. The molecule has 0 fully saturated rings. The van der Waals surface area contributed by atoms with Gasteiger partial charge < -0.3 is 9.47 Å². The van der Waals surface area contributed by atoms with Gasteiger partial charge in [0.15, 0.2) is 0 Å². The van der Waals surface area contributed by atoms with E-state index in [0.717, 1.165) is 56.1 Å². The Bertz CT molecular complexity index is 1600. The van der Waals surface area contributed by atoms with Crippen LogP contribution in [0.5, 0.6) is 11.5 Å². The predicted molar refractivity (Wildman–Crippen MR) is 183 cm³/mol. The van der Waals surface area contributed by atoms with E-state index in [1.165, 1.54) is 41.8 Å². The quantitative estimate of drug-likeness (QED) is 0.118. The smallest absolute Gasteiger partial charge is 0.119 e. The largest absolute Gasteiger partial charge is 0.494 e. The van der Waals surface area contributed by atoms with E-state index in [1.54, 1.807) is 12.1 Å². The molecule has 0 saturated heterocycles. The summed E-state index contributed by atoms with van der Waals surface area (Å²) in [6, 6.07) is 26.0. The second-order valence-electron chi connectivity index (χ2n) is 10.5. The zero-order valence-electron chi connectivity index (χ0n) is 24.3. The average molecular weight is 613 g/mol. The number of ether oxygens (including phenoxy) is 2. The van der Waals surface area contributed by atoms with Crippen molar-refractivity contribution in [3.8, 4) is 32.4 Å². The highest BCUT2D eigenvalue weighted by molar-refractivity contribution is 7.96. The molecule has 7 heteroatoms. The lowest BCUT2D eigenvalue weighted by Gasteiger charge is -2.25. The van der Waals surface area contributed by atoms with Gasteiger partial charge in [-0.2, -0.15) is 0 Å². The molecule has 0 radical (unpaired) electrons. The summed E-state index contributed by atoms with van der Waals surface area (Å²) >= 11 is 5.21. The summed E-state index contributed by atoms with van der Waals surface area (Å²) < 4.78 is 18.9. The lowest BCUT2D eigenvalue weighted by Crippen LogP contribution is -2.32. The maximum Gasteiger partial charge on any atom is 0.119 e. The van der Waals surface area contributed by atoms with E-state index in [2.05, 4.69) is 110 Å². The summed E-state index contributed by atoms with van der Waals surface area (Å²) in [4.78, 5) is 5.04. The third-order valence-electron chi connectivity index (χ3n) is 7.46. The normalized spacial score (nSPS) is 16.5. The van der Waals surface area contributed by atoms with Crippen LogP contribution >= 0.6 is 34.8 Å². The van der Waals surface area contributed by atoms with Gasteiger partial charge in [-0.1, -0.05) is 38.8 Å². The zero-order chi connectivity index (χ0) is 28.9. The number of hydrogen-bond donors (Lipinski definition) is 0. The molecule has 42 heavy (non-hydrogen) atoms. The molecule has 0 amide bonds. The fourth-order valence-electron chi connectivity index (χ4n) is 5.08. The molecule has 6 rings (SSSR count). The Hall–Kier alpha value is -3.10. The van der Waals surface area contributed by atoms with Crippen LogP contribution in [0.1, 0.15) is 49.3 Å². The van der Waals surface area contributed by atoms with Gasteiger partial charge >= 0.3 is 0 Å². The van der Waals surface area contributed by atoms with Crippen molar-refractivity contribution >= 4 is 51.7 Å². The Morgan fingerprint density at radius 2 is 1.19 bits per heavy atom. The van der Waals surface area contributed by atoms with Gasteiger partial charge in [-0.15, -0.1) is 22.7 Å². The fourth-order valence-corrected chi connectivity index (χ4v) is 7.91. The third kappa shape index (κ3) is 6.30. The first-order valence-electron chi connectivity index (χ1n) is 14.7. The monoisotopic (exact) mass is 612 g/mol. The van der Waals surface area contributed by atoms with Gasteiger partial charge in [0.2, 0.25) is 0 Å². The molecule has 1 unspecified atom stereocenters. The predicted octanol–water partition coefficient (Wildman–Crippen LogP) is 10.3. The molecule has 3 heterocycles. The molecule has 0 spiro atoms. The number of nitrogens with zero attached hydrogens (tertiary/aromatic N) is 2. The molecule has 0 N–H and O–H groups in total. The van der Waals surface area contributed by atoms with Crippen molar-refractivity contribution in [3.05, 3.63) is 94.7 Å². The van der Waals surface area contributed by atoms with Crippen LogP contribution in [-0.2, 0) is 0 Å². The Labute approximate surface area is 261 Å². The Morgan fingerprint density at radius 3 is 1.76 bits per heavy atom. The number of allylic oxidation sites excluding steroid dienone is 2. The van der Waals surface area contributed by atoms with E-state index in [4.69, 9.17) is 13.9 Å². The van der Waals surface area contributed by atoms with Crippen molar-refractivity contribution in [1.82, 2.24) is 4.31 Å². The second kappa shape index (κ2) is 13.5. The maximum atomic E-state index is 5.85. The van der Waals surface area contributed by atoms with Gasteiger partial charge in [-0.3, -0.25) is 0 Å². The van der Waals surface area contributed by atoms with E-state index in [1.807, 2.05) is 22.7 Å². The number of hydrogen-bond acceptors (Lipinski definition) is 7. The number of fused-ring (bicyclic) bond motifs is 1. The van der Waals surface area contributed by atoms with Gasteiger partial charge in [-0.05, 0) is 102 Å². The molecule has 1 aliphatic heterocycles. The minimum absolute atomic E-state index is 0.126. The molecule has 1 atom stereocenters. The van der Waals surface area contributed by atoms with Gasteiger partial charge in [0, 0.05) is 32.1 Å². The van der Waals surface area contributed by atoms with Crippen molar-refractivity contribution in [2.75, 3.05) is 20.3 Å². The van der Waals surface area contributed by atoms with E-state index >= 15 is 0 Å².